The molecule has 2 rings (SSSR count). The number of carbonyl (C=O) groups excluding carboxylic acids is 2. The maximum absolute atomic E-state index is 11.9. The van der Waals surface area contributed by atoms with Crippen molar-refractivity contribution in [1.29, 1.82) is 0 Å². The Balaban J connectivity index is 1.93. The quantitative estimate of drug-likeness (QED) is 0.719. The van der Waals surface area contributed by atoms with Crippen molar-refractivity contribution in [3.63, 3.8) is 0 Å². The first-order valence-electron chi connectivity index (χ1n) is 6.21. The fourth-order valence-corrected chi connectivity index (χ4v) is 2.41. The van der Waals surface area contributed by atoms with Crippen molar-refractivity contribution in [2.24, 2.45) is 5.92 Å². The molecule has 3 atom stereocenters. The second kappa shape index (κ2) is 5.06. The summed E-state index contributed by atoms with van der Waals surface area (Å²) in [6.07, 6.45) is 0.784. The van der Waals surface area contributed by atoms with Gasteiger partial charge in [0.15, 0.2) is 0 Å². The summed E-state index contributed by atoms with van der Waals surface area (Å²) < 4.78 is 5.30. The SMILES string of the molecule is CC(CCC(=O)O)CN1C(=O)C2CCC(O2)C1=O. The second-order valence-corrected chi connectivity index (χ2v) is 5.02. The van der Waals surface area contributed by atoms with Crippen molar-refractivity contribution in [2.75, 3.05) is 6.54 Å². The number of fused-ring (bicyclic) bond motifs is 2. The van der Waals surface area contributed by atoms with E-state index in [0.717, 1.165) is 0 Å². The number of ether oxygens (including phenoxy) is 1. The predicted molar refractivity (Wildman–Crippen MR) is 60.6 cm³/mol. The first kappa shape index (κ1) is 13.0. The molecule has 6 heteroatoms. The van der Waals surface area contributed by atoms with Gasteiger partial charge in [0.25, 0.3) is 11.8 Å². The number of likely N-dealkylation sites (tertiary alicyclic amines) is 1. The standard InChI is InChI=1S/C12H17NO5/c1-7(2-5-10(14)15)6-13-11(16)8-3-4-9(18-8)12(13)17/h7-9H,2-6H2,1H3,(H,14,15). The summed E-state index contributed by atoms with van der Waals surface area (Å²) in [6, 6.07) is 0. The van der Waals surface area contributed by atoms with Gasteiger partial charge in [0, 0.05) is 13.0 Å². The van der Waals surface area contributed by atoms with Crippen molar-refractivity contribution in [2.45, 2.75) is 44.8 Å². The molecular formula is C12H17NO5. The van der Waals surface area contributed by atoms with Crippen LogP contribution < -0.4 is 0 Å². The lowest BCUT2D eigenvalue weighted by atomic mass is 10.0. The van der Waals surface area contributed by atoms with Gasteiger partial charge in [0.2, 0.25) is 0 Å². The highest BCUT2D eigenvalue weighted by Gasteiger charge is 2.46. The summed E-state index contributed by atoms with van der Waals surface area (Å²) in [5.41, 5.74) is 0. The number of morpholine rings is 1. The molecular weight excluding hydrogens is 238 g/mol. The molecule has 2 fully saturated rings. The molecule has 2 amide bonds. The molecule has 2 aliphatic heterocycles. The molecule has 0 aromatic heterocycles. The molecule has 18 heavy (non-hydrogen) atoms. The van der Waals surface area contributed by atoms with E-state index in [1.807, 2.05) is 6.92 Å². The molecule has 0 aromatic carbocycles. The van der Waals surface area contributed by atoms with Crippen LogP contribution in [0.25, 0.3) is 0 Å². The van der Waals surface area contributed by atoms with Crippen LogP contribution in [0.15, 0.2) is 0 Å². The molecule has 3 unspecified atom stereocenters. The first-order valence-corrected chi connectivity index (χ1v) is 6.21. The number of hydrogen-bond acceptors (Lipinski definition) is 4. The Morgan fingerprint density at radius 3 is 2.44 bits per heavy atom. The minimum Gasteiger partial charge on any atom is -0.481 e. The molecule has 100 valence electrons. The highest BCUT2D eigenvalue weighted by Crippen LogP contribution is 2.29. The van der Waals surface area contributed by atoms with Gasteiger partial charge in [-0.1, -0.05) is 6.92 Å². The van der Waals surface area contributed by atoms with Gasteiger partial charge in [-0.15, -0.1) is 0 Å². The van der Waals surface area contributed by atoms with Crippen molar-refractivity contribution in [3.8, 4) is 0 Å². The zero-order valence-electron chi connectivity index (χ0n) is 10.3. The zero-order chi connectivity index (χ0) is 13.3. The van der Waals surface area contributed by atoms with Gasteiger partial charge >= 0.3 is 5.97 Å². The Kier molecular flexibility index (Phi) is 3.65. The molecule has 0 aromatic rings. The first-order chi connectivity index (χ1) is 8.49. The highest BCUT2D eigenvalue weighted by atomic mass is 16.5. The molecule has 2 bridgehead atoms. The van der Waals surface area contributed by atoms with Gasteiger partial charge in [-0.05, 0) is 25.2 Å². The minimum atomic E-state index is -0.860. The maximum atomic E-state index is 11.9. The van der Waals surface area contributed by atoms with E-state index in [1.54, 1.807) is 0 Å². The summed E-state index contributed by atoms with van der Waals surface area (Å²) in [4.78, 5) is 35.6. The molecule has 0 spiro atoms. The van der Waals surface area contributed by atoms with Crippen molar-refractivity contribution >= 4 is 17.8 Å². The fourth-order valence-electron chi connectivity index (χ4n) is 2.41. The topological polar surface area (TPSA) is 83.9 Å². The molecule has 0 radical (unpaired) electrons. The number of aliphatic carboxylic acids is 1. The van der Waals surface area contributed by atoms with Gasteiger partial charge in [0.05, 0.1) is 0 Å². The predicted octanol–water partition coefficient (Wildman–Crippen LogP) is 0.404. The van der Waals surface area contributed by atoms with Crippen molar-refractivity contribution in [3.05, 3.63) is 0 Å². The van der Waals surface area contributed by atoms with Gasteiger partial charge in [0.1, 0.15) is 12.2 Å². The smallest absolute Gasteiger partial charge is 0.303 e. The van der Waals surface area contributed by atoms with E-state index in [9.17, 15) is 14.4 Å². The normalized spacial score (nSPS) is 28.6. The van der Waals surface area contributed by atoms with E-state index in [4.69, 9.17) is 9.84 Å². The van der Waals surface area contributed by atoms with E-state index in [0.29, 0.717) is 25.8 Å². The van der Waals surface area contributed by atoms with Crippen LogP contribution in [0.2, 0.25) is 0 Å². The number of rotatable bonds is 5. The number of amides is 2. The van der Waals surface area contributed by atoms with E-state index < -0.39 is 18.2 Å². The summed E-state index contributed by atoms with van der Waals surface area (Å²) in [6.45, 7) is 2.14. The molecule has 2 saturated heterocycles. The number of hydrogen-bond donors (Lipinski definition) is 1. The maximum Gasteiger partial charge on any atom is 0.303 e. The van der Waals surface area contributed by atoms with Crippen LogP contribution in [0.3, 0.4) is 0 Å². The number of carboxylic acids is 1. The lowest BCUT2D eigenvalue weighted by Crippen LogP contribution is -2.52. The van der Waals surface area contributed by atoms with Gasteiger partial charge < -0.3 is 9.84 Å². The number of imide groups is 1. The van der Waals surface area contributed by atoms with E-state index >= 15 is 0 Å². The Hall–Kier alpha value is -1.43. The summed E-state index contributed by atoms with van der Waals surface area (Å²) in [5.74, 6) is -1.40. The number of carbonyl (C=O) groups is 3. The number of carboxylic acid groups (broad SMARTS) is 1. The zero-order valence-corrected chi connectivity index (χ0v) is 10.3. The third kappa shape index (κ3) is 2.53. The monoisotopic (exact) mass is 255 g/mol. The van der Waals surface area contributed by atoms with Crippen LogP contribution in [0.1, 0.15) is 32.6 Å². The summed E-state index contributed by atoms with van der Waals surface area (Å²) in [7, 11) is 0. The molecule has 0 saturated carbocycles. The third-order valence-electron chi connectivity index (χ3n) is 3.45. The highest BCUT2D eigenvalue weighted by molar-refractivity contribution is 6.02. The second-order valence-electron chi connectivity index (χ2n) is 5.02. The molecule has 2 aliphatic rings. The van der Waals surface area contributed by atoms with E-state index in [2.05, 4.69) is 0 Å². The van der Waals surface area contributed by atoms with Crippen LogP contribution in [-0.4, -0.2) is 46.5 Å². The van der Waals surface area contributed by atoms with E-state index in [-0.39, 0.29) is 24.2 Å². The Morgan fingerprint density at radius 1 is 1.39 bits per heavy atom. The average molecular weight is 255 g/mol. The lowest BCUT2D eigenvalue weighted by Gasteiger charge is -2.31. The van der Waals surface area contributed by atoms with Crippen LogP contribution in [0.4, 0.5) is 0 Å². The Bertz CT molecular complexity index is 359. The lowest BCUT2D eigenvalue weighted by molar-refractivity contribution is -0.169. The van der Waals surface area contributed by atoms with Gasteiger partial charge in [-0.3, -0.25) is 19.3 Å². The van der Waals surface area contributed by atoms with E-state index in [1.165, 1.54) is 4.90 Å². The Labute approximate surface area is 105 Å². The van der Waals surface area contributed by atoms with Gasteiger partial charge in [-0.2, -0.15) is 0 Å². The molecule has 6 nitrogen and oxygen atoms in total. The van der Waals surface area contributed by atoms with Crippen molar-refractivity contribution < 1.29 is 24.2 Å². The largest absolute Gasteiger partial charge is 0.481 e. The van der Waals surface area contributed by atoms with Crippen molar-refractivity contribution in [1.82, 2.24) is 4.90 Å². The average Bonchev–Trinajstić information content (AvgIpc) is 2.76. The number of nitrogens with zero attached hydrogens (tertiary/aromatic N) is 1. The van der Waals surface area contributed by atoms with Crippen LogP contribution in [0, 0.1) is 5.92 Å². The molecule has 0 aliphatic carbocycles. The third-order valence-corrected chi connectivity index (χ3v) is 3.45. The van der Waals surface area contributed by atoms with Crippen LogP contribution in [0.5, 0.6) is 0 Å². The van der Waals surface area contributed by atoms with Gasteiger partial charge in [-0.25, -0.2) is 0 Å². The Morgan fingerprint density at radius 2 is 1.94 bits per heavy atom. The molecule has 1 N–H and O–H groups in total. The fraction of sp³-hybridized carbons (Fsp3) is 0.750. The summed E-state index contributed by atoms with van der Waals surface area (Å²) >= 11 is 0. The minimum absolute atomic E-state index is 0.00787. The van der Waals surface area contributed by atoms with Crippen LogP contribution >= 0.6 is 0 Å². The summed E-state index contributed by atoms with van der Waals surface area (Å²) in [5, 5.41) is 8.60. The van der Waals surface area contributed by atoms with Crippen LogP contribution in [-0.2, 0) is 19.1 Å². The molecule has 2 heterocycles.